The molecule has 0 aliphatic heterocycles. The van der Waals surface area contributed by atoms with Gasteiger partial charge in [-0.05, 0) is 93.6 Å². The number of nitrogens with one attached hydrogen (secondary N) is 1. The van der Waals surface area contributed by atoms with Gasteiger partial charge in [0.25, 0.3) is 0 Å². The molecule has 2 N–H and O–H groups in total. The normalized spacial score (nSPS) is 11.2. The van der Waals surface area contributed by atoms with Gasteiger partial charge in [0, 0.05) is 6.42 Å². The Morgan fingerprint density at radius 2 is 1.72 bits per heavy atom. The van der Waals surface area contributed by atoms with Crippen molar-refractivity contribution in [3.05, 3.63) is 49.1 Å². The molecular weight excluding hydrogens is 572 g/mol. The summed E-state index contributed by atoms with van der Waals surface area (Å²) in [5.74, 6) is 0.932. The third-order valence-corrected chi connectivity index (χ3v) is 5.26. The molecule has 2 aromatic carbocycles. The fourth-order valence-corrected chi connectivity index (χ4v) is 4.63. The number of carbonyl (C=O) groups excluding carboxylic acids is 1. The molecule has 6 nitrogen and oxygen atoms in total. The summed E-state index contributed by atoms with van der Waals surface area (Å²) < 4.78 is 31.6. The zero-order valence-corrected chi connectivity index (χ0v) is 18.3. The smallest absolute Gasteiger partial charge is 0.233 e. The molecule has 0 aliphatic carbocycles. The highest BCUT2D eigenvalue weighted by Crippen LogP contribution is 2.33. The molecule has 2 aromatic rings. The number of phenols is 1. The minimum atomic E-state index is -3.53. The van der Waals surface area contributed by atoms with Gasteiger partial charge in [0.15, 0.2) is 5.75 Å². The second-order valence-corrected chi connectivity index (χ2v) is 9.35. The zero-order chi connectivity index (χ0) is 18.6. The second-order valence-electron chi connectivity index (χ2n) is 5.28. The zero-order valence-electron chi connectivity index (χ0n) is 13.1. The number of sulfonamides is 1. The standard InChI is InChI=1S/C16H15I2NO5S/c1-25(22,23)19-15(21)7-2-10-8-13(17)16(14(18)9-10)24-12-5-3-11(20)4-6-12/h3-6,8-9,20H,2,7H2,1H3,(H,19,21). The maximum atomic E-state index is 11.6. The number of rotatable bonds is 6. The van der Waals surface area contributed by atoms with Crippen molar-refractivity contribution in [2.45, 2.75) is 12.8 Å². The number of hydrogen-bond acceptors (Lipinski definition) is 5. The van der Waals surface area contributed by atoms with Crippen molar-refractivity contribution in [1.82, 2.24) is 4.72 Å². The van der Waals surface area contributed by atoms with Gasteiger partial charge in [0.2, 0.25) is 15.9 Å². The lowest BCUT2D eigenvalue weighted by molar-refractivity contribution is -0.119. The highest BCUT2D eigenvalue weighted by Gasteiger charge is 2.13. The molecule has 0 aromatic heterocycles. The summed E-state index contributed by atoms with van der Waals surface area (Å²) in [6.45, 7) is 0. The van der Waals surface area contributed by atoms with Crippen LogP contribution >= 0.6 is 45.2 Å². The van der Waals surface area contributed by atoms with E-state index in [0.29, 0.717) is 17.9 Å². The maximum absolute atomic E-state index is 11.6. The van der Waals surface area contributed by atoms with Gasteiger partial charge < -0.3 is 9.84 Å². The van der Waals surface area contributed by atoms with Gasteiger partial charge in [0.05, 0.1) is 13.4 Å². The van der Waals surface area contributed by atoms with Crippen molar-refractivity contribution in [3.63, 3.8) is 0 Å². The maximum Gasteiger partial charge on any atom is 0.233 e. The van der Waals surface area contributed by atoms with Gasteiger partial charge in [-0.2, -0.15) is 0 Å². The number of ether oxygens (including phenoxy) is 1. The van der Waals surface area contributed by atoms with E-state index >= 15 is 0 Å². The second kappa shape index (κ2) is 8.54. The van der Waals surface area contributed by atoms with Gasteiger partial charge in [-0.3, -0.25) is 9.52 Å². The Kier molecular flexibility index (Phi) is 6.91. The van der Waals surface area contributed by atoms with Crippen molar-refractivity contribution in [1.29, 1.82) is 0 Å². The van der Waals surface area contributed by atoms with Gasteiger partial charge in [-0.25, -0.2) is 8.42 Å². The number of aromatic hydroxyl groups is 1. The Hall–Kier alpha value is -1.08. The number of carbonyl (C=O) groups is 1. The summed E-state index contributed by atoms with van der Waals surface area (Å²) in [7, 11) is -3.53. The fraction of sp³-hybridized carbons (Fsp3) is 0.188. The molecule has 25 heavy (non-hydrogen) atoms. The first-order chi connectivity index (χ1) is 11.6. The van der Waals surface area contributed by atoms with Gasteiger partial charge in [-0.15, -0.1) is 0 Å². The van der Waals surface area contributed by atoms with Crippen LogP contribution in [0.15, 0.2) is 36.4 Å². The van der Waals surface area contributed by atoms with E-state index in [1.165, 1.54) is 0 Å². The van der Waals surface area contributed by atoms with Crippen molar-refractivity contribution in [2.24, 2.45) is 0 Å². The molecule has 0 spiro atoms. The molecule has 0 radical (unpaired) electrons. The lowest BCUT2D eigenvalue weighted by atomic mass is 10.1. The predicted molar refractivity (Wildman–Crippen MR) is 111 cm³/mol. The number of hydrogen-bond donors (Lipinski definition) is 2. The lowest BCUT2D eigenvalue weighted by Gasteiger charge is -2.12. The van der Waals surface area contributed by atoms with Crippen LogP contribution in [-0.2, 0) is 21.2 Å². The van der Waals surface area contributed by atoms with Crippen LogP contribution in [0.4, 0.5) is 0 Å². The van der Waals surface area contributed by atoms with E-state index in [2.05, 4.69) is 45.2 Å². The summed E-state index contributed by atoms with van der Waals surface area (Å²) in [5.41, 5.74) is 0.913. The highest BCUT2D eigenvalue weighted by molar-refractivity contribution is 14.1. The number of benzene rings is 2. The highest BCUT2D eigenvalue weighted by atomic mass is 127. The summed E-state index contributed by atoms with van der Waals surface area (Å²) in [5, 5.41) is 9.31. The van der Waals surface area contributed by atoms with Crippen molar-refractivity contribution >= 4 is 61.1 Å². The SMILES string of the molecule is CS(=O)(=O)NC(=O)CCc1cc(I)c(Oc2ccc(O)cc2)c(I)c1. The minimum Gasteiger partial charge on any atom is -0.508 e. The van der Waals surface area contributed by atoms with Gasteiger partial charge in [-0.1, -0.05) is 0 Å². The first kappa shape index (κ1) is 20.2. The van der Waals surface area contributed by atoms with Crippen LogP contribution in [0.5, 0.6) is 17.2 Å². The van der Waals surface area contributed by atoms with Crippen LogP contribution in [0.25, 0.3) is 0 Å². The van der Waals surface area contributed by atoms with Crippen molar-refractivity contribution < 1.29 is 23.1 Å². The molecule has 0 fully saturated rings. The van der Waals surface area contributed by atoms with E-state index in [1.54, 1.807) is 24.3 Å². The van der Waals surface area contributed by atoms with E-state index in [9.17, 15) is 18.3 Å². The molecule has 0 unspecified atom stereocenters. The van der Waals surface area contributed by atoms with E-state index in [0.717, 1.165) is 19.0 Å². The van der Waals surface area contributed by atoms with Crippen LogP contribution in [0.2, 0.25) is 0 Å². The molecule has 1 amide bonds. The predicted octanol–water partition coefficient (Wildman–Crippen LogP) is 3.40. The molecule has 2 rings (SSSR count). The molecule has 0 bridgehead atoms. The molecule has 0 heterocycles. The monoisotopic (exact) mass is 587 g/mol. The lowest BCUT2D eigenvalue weighted by Crippen LogP contribution is -2.29. The van der Waals surface area contributed by atoms with E-state index in [1.807, 2.05) is 16.9 Å². The number of halogens is 2. The van der Waals surface area contributed by atoms with E-state index < -0.39 is 15.9 Å². The average molecular weight is 587 g/mol. The topological polar surface area (TPSA) is 92.7 Å². The summed E-state index contributed by atoms with van der Waals surface area (Å²) >= 11 is 4.30. The first-order valence-electron chi connectivity index (χ1n) is 7.09. The Bertz CT molecular complexity index is 859. The fourth-order valence-electron chi connectivity index (χ4n) is 2.00. The van der Waals surface area contributed by atoms with E-state index in [4.69, 9.17) is 4.74 Å². The molecule has 0 atom stereocenters. The molecule has 134 valence electrons. The molecule has 0 aliphatic rings. The molecule has 0 saturated carbocycles. The Morgan fingerprint density at radius 1 is 1.16 bits per heavy atom. The summed E-state index contributed by atoms with van der Waals surface area (Å²) in [4.78, 5) is 11.6. The van der Waals surface area contributed by atoms with Crippen molar-refractivity contribution in [3.8, 4) is 17.2 Å². The third-order valence-electron chi connectivity index (χ3n) is 3.05. The summed E-state index contributed by atoms with van der Waals surface area (Å²) in [6, 6.07) is 10.2. The summed E-state index contributed by atoms with van der Waals surface area (Å²) in [6.07, 6.45) is 1.45. The molecule has 9 heteroatoms. The Labute approximate surface area is 173 Å². The van der Waals surface area contributed by atoms with Gasteiger partial charge in [0.1, 0.15) is 11.5 Å². The Balaban J connectivity index is 2.09. The average Bonchev–Trinajstić information content (AvgIpc) is 2.49. The number of aryl methyl sites for hydroxylation is 1. The Morgan fingerprint density at radius 3 is 2.24 bits per heavy atom. The first-order valence-corrected chi connectivity index (χ1v) is 11.1. The minimum absolute atomic E-state index is 0.0807. The van der Waals surface area contributed by atoms with Crippen LogP contribution in [0.1, 0.15) is 12.0 Å². The van der Waals surface area contributed by atoms with Gasteiger partial charge >= 0.3 is 0 Å². The number of phenolic OH excluding ortho intramolecular Hbond substituents is 1. The third kappa shape index (κ3) is 6.62. The van der Waals surface area contributed by atoms with E-state index in [-0.39, 0.29) is 12.2 Å². The molecule has 0 saturated heterocycles. The van der Waals surface area contributed by atoms with Crippen molar-refractivity contribution in [2.75, 3.05) is 6.26 Å². The van der Waals surface area contributed by atoms with Crippen LogP contribution in [0.3, 0.4) is 0 Å². The van der Waals surface area contributed by atoms with Crippen LogP contribution in [0, 0.1) is 7.14 Å². The van der Waals surface area contributed by atoms with Crippen LogP contribution in [-0.4, -0.2) is 25.7 Å². The molecular formula is C16H15I2NO5S. The number of amides is 1. The van der Waals surface area contributed by atoms with Crippen LogP contribution < -0.4 is 9.46 Å². The quantitative estimate of drug-likeness (QED) is 0.506. The largest absolute Gasteiger partial charge is 0.508 e.